The van der Waals surface area contributed by atoms with E-state index in [4.69, 9.17) is 9.47 Å². The van der Waals surface area contributed by atoms with E-state index in [1.807, 2.05) is 13.0 Å². The van der Waals surface area contributed by atoms with Gasteiger partial charge < -0.3 is 24.7 Å². The molecule has 3 aromatic rings. The van der Waals surface area contributed by atoms with E-state index in [-0.39, 0.29) is 11.6 Å². The van der Waals surface area contributed by atoms with Crippen LogP contribution in [-0.2, 0) is 11.2 Å². The number of H-pyrrole nitrogens is 1. The molecule has 1 aromatic heterocycles. The van der Waals surface area contributed by atoms with Crippen molar-refractivity contribution in [2.75, 3.05) is 60.6 Å². The number of nitrogens with one attached hydrogen (secondary N) is 2. The molecular weight excluding hydrogens is 476 g/mol. The number of pyridine rings is 1. The van der Waals surface area contributed by atoms with Crippen molar-refractivity contribution in [1.82, 2.24) is 20.1 Å². The maximum atomic E-state index is 12.3. The number of hydrogen-bond donors (Lipinski definition) is 2. The molecule has 2 aromatic carbocycles. The minimum absolute atomic E-state index is 0.00788. The van der Waals surface area contributed by atoms with Crippen molar-refractivity contribution in [3.05, 3.63) is 75.6 Å². The van der Waals surface area contributed by atoms with E-state index < -0.39 is 0 Å². The van der Waals surface area contributed by atoms with Crippen LogP contribution in [0.5, 0.6) is 5.75 Å². The van der Waals surface area contributed by atoms with Gasteiger partial charge in [0, 0.05) is 50.4 Å². The Labute approximate surface area is 227 Å². The maximum absolute atomic E-state index is 12.3. The van der Waals surface area contributed by atoms with Crippen LogP contribution in [0.1, 0.15) is 48.9 Å². The largest absolute Gasteiger partial charge is 0.494 e. The summed E-state index contributed by atoms with van der Waals surface area (Å²) in [4.78, 5) is 20.2. The van der Waals surface area contributed by atoms with E-state index in [0.717, 1.165) is 80.7 Å². The minimum atomic E-state index is 0.00788. The Balaban J connectivity index is 1.57. The molecule has 1 aliphatic heterocycles. The predicted molar refractivity (Wildman–Crippen MR) is 155 cm³/mol. The zero-order chi connectivity index (χ0) is 26.9. The number of benzene rings is 2. The molecule has 0 spiro atoms. The van der Waals surface area contributed by atoms with Crippen LogP contribution in [0.15, 0.2) is 53.3 Å². The van der Waals surface area contributed by atoms with Crippen LogP contribution in [0.2, 0.25) is 0 Å². The third-order valence-electron chi connectivity index (χ3n) is 7.49. The van der Waals surface area contributed by atoms with Crippen LogP contribution in [0.3, 0.4) is 0 Å². The van der Waals surface area contributed by atoms with E-state index in [9.17, 15) is 4.79 Å². The van der Waals surface area contributed by atoms with E-state index in [1.54, 1.807) is 7.11 Å². The van der Waals surface area contributed by atoms with E-state index in [2.05, 4.69) is 76.7 Å². The quantitative estimate of drug-likeness (QED) is 0.329. The van der Waals surface area contributed by atoms with E-state index in [1.165, 1.54) is 11.1 Å². The van der Waals surface area contributed by atoms with E-state index >= 15 is 0 Å². The number of methoxy groups -OCH3 is 1. The summed E-state index contributed by atoms with van der Waals surface area (Å²) in [7, 11) is 5.92. The molecule has 2 heterocycles. The monoisotopic (exact) mass is 520 g/mol. The first-order valence-electron chi connectivity index (χ1n) is 14.0. The van der Waals surface area contributed by atoms with Crippen molar-refractivity contribution in [3.8, 4) is 5.75 Å². The molecule has 0 saturated carbocycles. The summed E-state index contributed by atoms with van der Waals surface area (Å²) in [6.45, 7) is 7.42. The number of fused-ring (bicyclic) bond motifs is 1. The topological polar surface area (TPSA) is 69.8 Å². The van der Waals surface area contributed by atoms with Gasteiger partial charge in [0.2, 0.25) is 0 Å². The standard InChI is InChI=1S/C31H44N4O3/c1-5-23-21-26-22-25(9-12-29(26)33-31(23)36)30(35-17-13-27(14-18-35)32-15-20-37-4)24-7-10-28(11-8-24)38-19-6-16-34(2)3/h7-12,21-22,27,30,32H,5-6,13-20H2,1-4H3,(H,33,36). The second-order valence-corrected chi connectivity index (χ2v) is 10.6. The van der Waals surface area contributed by atoms with Crippen LogP contribution in [-0.4, -0.2) is 81.4 Å². The molecule has 1 unspecified atom stereocenters. The second-order valence-electron chi connectivity index (χ2n) is 10.6. The molecule has 0 amide bonds. The fraction of sp³-hybridized carbons (Fsp3) is 0.516. The molecule has 1 atom stereocenters. The third-order valence-corrected chi connectivity index (χ3v) is 7.49. The first-order chi connectivity index (χ1) is 18.5. The number of nitrogens with zero attached hydrogens (tertiary/aromatic N) is 2. The van der Waals surface area contributed by atoms with Gasteiger partial charge >= 0.3 is 0 Å². The summed E-state index contributed by atoms with van der Waals surface area (Å²) in [6.07, 6.45) is 3.94. The molecular formula is C31H44N4O3. The molecule has 1 fully saturated rings. The molecule has 7 heteroatoms. The van der Waals surface area contributed by atoms with Crippen molar-refractivity contribution >= 4 is 10.9 Å². The lowest BCUT2D eigenvalue weighted by molar-refractivity contribution is 0.152. The van der Waals surface area contributed by atoms with Gasteiger partial charge in [0.15, 0.2) is 0 Å². The van der Waals surface area contributed by atoms with Crippen LogP contribution >= 0.6 is 0 Å². The Bertz CT molecular complexity index is 1200. The Kier molecular flexibility index (Phi) is 10.4. The summed E-state index contributed by atoms with van der Waals surface area (Å²) in [5, 5.41) is 4.72. The van der Waals surface area contributed by atoms with Crippen LogP contribution in [0, 0.1) is 0 Å². The smallest absolute Gasteiger partial charge is 0.251 e. The molecule has 0 bridgehead atoms. The molecule has 1 aliphatic rings. The second kappa shape index (κ2) is 13.9. The number of rotatable bonds is 13. The molecule has 0 radical (unpaired) electrons. The first kappa shape index (κ1) is 28.3. The maximum Gasteiger partial charge on any atom is 0.251 e. The molecule has 38 heavy (non-hydrogen) atoms. The normalized spacial score (nSPS) is 15.8. The lowest BCUT2D eigenvalue weighted by atomic mass is 9.92. The highest BCUT2D eigenvalue weighted by molar-refractivity contribution is 5.80. The number of hydrogen-bond acceptors (Lipinski definition) is 6. The van der Waals surface area contributed by atoms with E-state index in [0.29, 0.717) is 12.6 Å². The lowest BCUT2D eigenvalue weighted by Gasteiger charge is -2.38. The van der Waals surface area contributed by atoms with Crippen molar-refractivity contribution < 1.29 is 9.47 Å². The van der Waals surface area contributed by atoms with Crippen molar-refractivity contribution in [3.63, 3.8) is 0 Å². The SMILES string of the molecule is CCc1cc2cc(C(c3ccc(OCCCN(C)C)cc3)N3CCC(NCCOC)CC3)ccc2[nH]c1=O. The molecule has 206 valence electrons. The first-order valence-corrected chi connectivity index (χ1v) is 14.0. The summed E-state index contributed by atoms with van der Waals surface area (Å²) in [6, 6.07) is 17.8. The zero-order valence-electron chi connectivity index (χ0n) is 23.5. The average Bonchev–Trinajstić information content (AvgIpc) is 2.92. The summed E-state index contributed by atoms with van der Waals surface area (Å²) < 4.78 is 11.2. The van der Waals surface area contributed by atoms with Crippen molar-refractivity contribution in [2.24, 2.45) is 0 Å². The number of aromatic nitrogens is 1. The molecule has 2 N–H and O–H groups in total. The number of piperidine rings is 1. The number of aryl methyl sites for hydroxylation is 1. The third kappa shape index (κ3) is 7.44. The lowest BCUT2D eigenvalue weighted by Crippen LogP contribution is -2.44. The Hall–Kier alpha value is -2.71. The van der Waals surface area contributed by atoms with Crippen molar-refractivity contribution in [2.45, 2.75) is 44.7 Å². The molecule has 1 saturated heterocycles. The highest BCUT2D eigenvalue weighted by Crippen LogP contribution is 2.33. The van der Waals surface area contributed by atoms with Gasteiger partial charge in [-0.25, -0.2) is 0 Å². The number of likely N-dealkylation sites (tertiary alicyclic amines) is 1. The summed E-state index contributed by atoms with van der Waals surface area (Å²) >= 11 is 0. The summed E-state index contributed by atoms with van der Waals surface area (Å²) in [5.41, 5.74) is 4.23. The molecule has 0 aliphatic carbocycles. The molecule has 7 nitrogen and oxygen atoms in total. The fourth-order valence-corrected chi connectivity index (χ4v) is 5.36. The van der Waals surface area contributed by atoms with Gasteiger partial charge in [-0.15, -0.1) is 0 Å². The van der Waals surface area contributed by atoms with Gasteiger partial charge in [-0.05, 0) is 86.6 Å². The Morgan fingerprint density at radius 1 is 1.05 bits per heavy atom. The summed E-state index contributed by atoms with van der Waals surface area (Å²) in [5.74, 6) is 0.913. The highest BCUT2D eigenvalue weighted by atomic mass is 16.5. The van der Waals surface area contributed by atoms with Gasteiger partial charge in [-0.1, -0.05) is 25.1 Å². The number of aromatic amines is 1. The number of ether oxygens (including phenoxy) is 2. The zero-order valence-corrected chi connectivity index (χ0v) is 23.5. The van der Waals surface area contributed by atoms with Gasteiger partial charge in [0.05, 0.1) is 19.3 Å². The van der Waals surface area contributed by atoms with Gasteiger partial charge in [0.1, 0.15) is 5.75 Å². The van der Waals surface area contributed by atoms with Crippen LogP contribution in [0.4, 0.5) is 0 Å². The Morgan fingerprint density at radius 2 is 1.79 bits per heavy atom. The minimum Gasteiger partial charge on any atom is -0.494 e. The van der Waals surface area contributed by atoms with Gasteiger partial charge in [0.25, 0.3) is 5.56 Å². The molecule has 4 rings (SSSR count). The fourth-order valence-electron chi connectivity index (χ4n) is 5.36. The van der Waals surface area contributed by atoms with Crippen LogP contribution < -0.4 is 15.6 Å². The van der Waals surface area contributed by atoms with Crippen molar-refractivity contribution in [1.29, 1.82) is 0 Å². The van der Waals surface area contributed by atoms with Crippen LogP contribution in [0.25, 0.3) is 10.9 Å². The van der Waals surface area contributed by atoms with Gasteiger partial charge in [-0.2, -0.15) is 0 Å². The Morgan fingerprint density at radius 3 is 2.47 bits per heavy atom. The van der Waals surface area contributed by atoms with Gasteiger partial charge in [-0.3, -0.25) is 9.69 Å². The average molecular weight is 521 g/mol. The highest BCUT2D eigenvalue weighted by Gasteiger charge is 2.27. The predicted octanol–water partition coefficient (Wildman–Crippen LogP) is 4.21.